The van der Waals surface area contributed by atoms with E-state index in [0.717, 1.165) is 66.8 Å². The van der Waals surface area contributed by atoms with Gasteiger partial charge in [-0.25, -0.2) is 0 Å². The number of aryl methyl sites for hydroxylation is 1. The van der Waals surface area contributed by atoms with Crippen LogP contribution in [0.25, 0.3) is 11.4 Å². The van der Waals surface area contributed by atoms with E-state index in [9.17, 15) is 13.2 Å². The van der Waals surface area contributed by atoms with E-state index in [-0.39, 0.29) is 5.41 Å². The molecule has 33 heavy (non-hydrogen) atoms. The zero-order valence-electron chi connectivity index (χ0n) is 18.7. The summed E-state index contributed by atoms with van der Waals surface area (Å²) in [5, 5.41) is 13.7. The van der Waals surface area contributed by atoms with Crippen molar-refractivity contribution in [1.29, 1.82) is 0 Å². The Hall–Kier alpha value is -2.33. The highest BCUT2D eigenvalue weighted by Gasteiger charge is 2.57. The average Bonchev–Trinajstić information content (AvgIpc) is 3.06. The number of rotatable bonds is 7. The second-order valence-corrected chi connectivity index (χ2v) is 10.3. The van der Waals surface area contributed by atoms with E-state index in [1.165, 1.54) is 12.1 Å². The van der Waals surface area contributed by atoms with Crippen molar-refractivity contribution in [1.82, 2.24) is 29.4 Å². The highest BCUT2D eigenvalue weighted by atomic mass is 32.2. The monoisotopic (exact) mass is 476 g/mol. The predicted molar refractivity (Wildman–Crippen MR) is 121 cm³/mol. The first kappa shape index (κ1) is 22.5. The first-order chi connectivity index (χ1) is 15.7. The summed E-state index contributed by atoms with van der Waals surface area (Å²) in [4.78, 5) is 2.50. The van der Waals surface area contributed by atoms with E-state index in [0.29, 0.717) is 5.92 Å². The summed E-state index contributed by atoms with van der Waals surface area (Å²) in [5.74, 6) is 2.17. The Morgan fingerprint density at radius 2 is 1.94 bits per heavy atom. The van der Waals surface area contributed by atoms with Crippen molar-refractivity contribution in [2.75, 3.05) is 25.4 Å². The van der Waals surface area contributed by atoms with Crippen molar-refractivity contribution in [3.8, 4) is 11.4 Å². The zero-order chi connectivity index (χ0) is 23.2. The molecule has 1 aliphatic carbocycles. The maximum absolute atomic E-state index is 12.8. The van der Waals surface area contributed by atoms with Crippen molar-refractivity contribution in [3.05, 3.63) is 47.8 Å². The molecule has 6 nitrogen and oxygen atoms in total. The summed E-state index contributed by atoms with van der Waals surface area (Å²) < 4.78 is 42.2. The lowest BCUT2D eigenvalue weighted by Gasteiger charge is -2.16. The summed E-state index contributed by atoms with van der Waals surface area (Å²) in [6.07, 6.45) is 2.71. The minimum absolute atomic E-state index is 0.259. The lowest BCUT2D eigenvalue weighted by molar-refractivity contribution is -0.137. The largest absolute Gasteiger partial charge is 0.416 e. The van der Waals surface area contributed by atoms with Gasteiger partial charge in [0.1, 0.15) is 0 Å². The molecule has 0 radical (unpaired) electrons. The van der Waals surface area contributed by atoms with Crippen LogP contribution in [0.4, 0.5) is 13.2 Å². The van der Waals surface area contributed by atoms with E-state index in [4.69, 9.17) is 0 Å². The van der Waals surface area contributed by atoms with Gasteiger partial charge in [-0.05, 0) is 61.4 Å². The van der Waals surface area contributed by atoms with Crippen LogP contribution < -0.4 is 0 Å². The Bertz CT molecular complexity index is 1120. The fourth-order valence-electron chi connectivity index (χ4n) is 5.03. The highest BCUT2D eigenvalue weighted by Crippen LogP contribution is 2.64. The molecule has 5 rings (SSSR count). The molecule has 10 heteroatoms. The molecular formula is C23H27F3N6S. The normalized spacial score (nSPS) is 23.0. The van der Waals surface area contributed by atoms with Gasteiger partial charge in [-0.15, -0.1) is 10.2 Å². The van der Waals surface area contributed by atoms with Crippen LogP contribution in [0.1, 0.15) is 36.3 Å². The van der Waals surface area contributed by atoms with Crippen LogP contribution in [0.5, 0.6) is 0 Å². The molecule has 2 aliphatic rings. The van der Waals surface area contributed by atoms with Crippen LogP contribution >= 0.6 is 11.8 Å². The molecule has 1 spiro atoms. The number of aromatic nitrogens is 5. The van der Waals surface area contributed by atoms with Crippen LogP contribution in [0.3, 0.4) is 0 Å². The number of likely N-dealkylation sites (tertiary alicyclic amines) is 1. The van der Waals surface area contributed by atoms with Crippen LogP contribution in [0.2, 0.25) is 0 Å². The van der Waals surface area contributed by atoms with Crippen LogP contribution in [0.15, 0.2) is 41.8 Å². The van der Waals surface area contributed by atoms with Gasteiger partial charge in [0.2, 0.25) is 0 Å². The first-order valence-electron chi connectivity index (χ1n) is 11.2. The molecule has 176 valence electrons. The Balaban J connectivity index is 1.09. The second kappa shape index (κ2) is 8.47. The van der Waals surface area contributed by atoms with Crippen LogP contribution in [-0.2, 0) is 20.3 Å². The van der Waals surface area contributed by atoms with E-state index < -0.39 is 11.7 Å². The number of benzene rings is 1. The van der Waals surface area contributed by atoms with Gasteiger partial charge in [0, 0.05) is 32.6 Å². The predicted octanol–water partition coefficient (Wildman–Crippen LogP) is 4.60. The third-order valence-corrected chi connectivity index (χ3v) is 8.05. The quantitative estimate of drug-likeness (QED) is 0.369. The minimum atomic E-state index is -4.27. The molecule has 0 N–H and O–H groups in total. The fraction of sp³-hybridized carbons (Fsp3) is 0.522. The molecule has 1 aliphatic heterocycles. The van der Waals surface area contributed by atoms with Gasteiger partial charge < -0.3 is 9.47 Å². The highest BCUT2D eigenvalue weighted by molar-refractivity contribution is 7.99. The molecule has 1 aromatic carbocycles. The Morgan fingerprint density at radius 3 is 2.64 bits per heavy atom. The van der Waals surface area contributed by atoms with E-state index >= 15 is 0 Å². The lowest BCUT2D eigenvalue weighted by Crippen LogP contribution is -2.23. The SMILES string of the molecule is Cn1cc(-c2nnc(SCCCN3CC[C@@]4(C[C@H]4c4ccc(C(F)(F)F)cc4)C3)n2C)cn1. The molecule has 3 heterocycles. The molecular weight excluding hydrogens is 449 g/mol. The van der Waals surface area contributed by atoms with E-state index in [1.54, 1.807) is 34.8 Å². The average molecular weight is 477 g/mol. The molecule has 0 amide bonds. The number of hydrogen-bond acceptors (Lipinski definition) is 5. The Labute approximate surface area is 195 Å². The van der Waals surface area contributed by atoms with E-state index in [2.05, 4.69) is 20.2 Å². The number of halogens is 3. The molecule has 1 saturated heterocycles. The van der Waals surface area contributed by atoms with Crippen molar-refractivity contribution >= 4 is 11.8 Å². The molecule has 2 aromatic heterocycles. The number of alkyl halides is 3. The van der Waals surface area contributed by atoms with Crippen molar-refractivity contribution in [2.24, 2.45) is 19.5 Å². The summed E-state index contributed by atoms with van der Waals surface area (Å²) >= 11 is 1.71. The van der Waals surface area contributed by atoms with Crippen LogP contribution in [-0.4, -0.2) is 54.8 Å². The standard InChI is InChI=1S/C23H27F3N6S/c1-30-14-17(13-27-30)20-28-29-21(31(20)2)33-11-3-9-32-10-8-22(15-32)12-19(22)16-4-6-18(7-5-16)23(24,25)26/h4-7,13-14,19H,3,8-12,15H2,1-2H3/t19-,22+/m0/s1. The molecule has 2 fully saturated rings. The minimum Gasteiger partial charge on any atom is -0.305 e. The number of thioether (sulfide) groups is 1. The topological polar surface area (TPSA) is 51.8 Å². The lowest BCUT2D eigenvalue weighted by atomic mass is 9.97. The van der Waals surface area contributed by atoms with Gasteiger partial charge in [0.25, 0.3) is 0 Å². The van der Waals surface area contributed by atoms with Gasteiger partial charge >= 0.3 is 6.18 Å². The summed E-state index contributed by atoms with van der Waals surface area (Å²) in [7, 11) is 3.86. The number of hydrogen-bond donors (Lipinski definition) is 0. The first-order valence-corrected chi connectivity index (χ1v) is 12.1. The summed E-state index contributed by atoms with van der Waals surface area (Å²) in [5.41, 5.74) is 1.69. The van der Waals surface area contributed by atoms with Crippen molar-refractivity contribution in [2.45, 2.75) is 36.5 Å². The Morgan fingerprint density at radius 1 is 1.15 bits per heavy atom. The van der Waals surface area contributed by atoms with Gasteiger partial charge in [0.05, 0.1) is 17.3 Å². The maximum Gasteiger partial charge on any atom is 0.416 e. The van der Waals surface area contributed by atoms with Crippen LogP contribution in [0, 0.1) is 5.41 Å². The molecule has 2 atom stereocenters. The Kier molecular flexibility index (Phi) is 5.76. The summed E-state index contributed by atoms with van der Waals surface area (Å²) in [6.45, 7) is 3.14. The van der Waals surface area contributed by atoms with Gasteiger partial charge in [-0.3, -0.25) is 4.68 Å². The van der Waals surface area contributed by atoms with Gasteiger partial charge in [-0.1, -0.05) is 23.9 Å². The van der Waals surface area contributed by atoms with Crippen molar-refractivity contribution < 1.29 is 13.2 Å². The van der Waals surface area contributed by atoms with Gasteiger partial charge in [0.15, 0.2) is 11.0 Å². The zero-order valence-corrected chi connectivity index (χ0v) is 19.5. The third-order valence-electron chi connectivity index (χ3n) is 6.94. The second-order valence-electron chi connectivity index (χ2n) is 9.23. The third kappa shape index (κ3) is 4.55. The molecule has 0 unspecified atom stereocenters. The maximum atomic E-state index is 12.8. The molecule has 1 saturated carbocycles. The number of nitrogens with zero attached hydrogens (tertiary/aromatic N) is 6. The van der Waals surface area contributed by atoms with E-state index in [1.807, 2.05) is 24.9 Å². The molecule has 0 bridgehead atoms. The van der Waals surface area contributed by atoms with Crippen molar-refractivity contribution in [3.63, 3.8) is 0 Å². The fourth-order valence-corrected chi connectivity index (χ4v) is 5.86. The molecule has 3 aromatic rings. The smallest absolute Gasteiger partial charge is 0.305 e. The van der Waals surface area contributed by atoms with Gasteiger partial charge in [-0.2, -0.15) is 18.3 Å². The summed E-state index contributed by atoms with van der Waals surface area (Å²) in [6, 6.07) is 5.78.